The molecule has 4 nitrogen and oxygen atoms in total. The number of amides is 1. The lowest BCUT2D eigenvalue weighted by molar-refractivity contribution is 0.0994. The SMILES string of the molecule is Cc1cc(C(=O)Nc2ccccc2OC(C)C)oc1C. The van der Waals surface area contributed by atoms with E-state index < -0.39 is 0 Å². The number of carbonyl (C=O) groups excluding carboxylic acids is 1. The van der Waals surface area contributed by atoms with Crippen LogP contribution in [-0.2, 0) is 0 Å². The number of para-hydroxylation sites is 2. The van der Waals surface area contributed by atoms with Gasteiger partial charge in [0.15, 0.2) is 5.76 Å². The number of furan rings is 1. The molecule has 0 aliphatic rings. The van der Waals surface area contributed by atoms with Crippen molar-refractivity contribution in [3.8, 4) is 5.75 Å². The Balaban J connectivity index is 2.19. The zero-order valence-electron chi connectivity index (χ0n) is 12.2. The Kier molecular flexibility index (Phi) is 4.13. The van der Waals surface area contributed by atoms with Crippen LogP contribution >= 0.6 is 0 Å². The number of anilines is 1. The van der Waals surface area contributed by atoms with Gasteiger partial charge in [0, 0.05) is 0 Å². The molecule has 2 rings (SSSR count). The van der Waals surface area contributed by atoms with Crippen molar-refractivity contribution in [3.05, 3.63) is 47.4 Å². The van der Waals surface area contributed by atoms with Crippen LogP contribution in [0.4, 0.5) is 5.69 Å². The zero-order valence-corrected chi connectivity index (χ0v) is 12.2. The van der Waals surface area contributed by atoms with E-state index in [0.717, 1.165) is 11.3 Å². The average Bonchev–Trinajstić information content (AvgIpc) is 2.71. The highest BCUT2D eigenvalue weighted by Gasteiger charge is 2.15. The molecule has 2 aromatic rings. The third-order valence-corrected chi connectivity index (χ3v) is 2.89. The first-order chi connectivity index (χ1) is 9.47. The molecule has 0 aliphatic carbocycles. The normalized spacial score (nSPS) is 10.7. The summed E-state index contributed by atoms with van der Waals surface area (Å²) in [7, 11) is 0. The Morgan fingerprint density at radius 3 is 2.55 bits per heavy atom. The maximum absolute atomic E-state index is 12.2. The fraction of sp³-hybridized carbons (Fsp3) is 0.312. The predicted octanol–water partition coefficient (Wildman–Crippen LogP) is 3.94. The fourth-order valence-electron chi connectivity index (χ4n) is 1.80. The van der Waals surface area contributed by atoms with Crippen molar-refractivity contribution in [2.24, 2.45) is 0 Å². The van der Waals surface area contributed by atoms with Crippen molar-refractivity contribution in [1.82, 2.24) is 0 Å². The molecule has 0 fully saturated rings. The highest BCUT2D eigenvalue weighted by Crippen LogP contribution is 2.26. The van der Waals surface area contributed by atoms with Crippen molar-refractivity contribution < 1.29 is 13.9 Å². The highest BCUT2D eigenvalue weighted by molar-refractivity contribution is 6.03. The number of benzene rings is 1. The van der Waals surface area contributed by atoms with Gasteiger partial charge in [-0.3, -0.25) is 4.79 Å². The van der Waals surface area contributed by atoms with Gasteiger partial charge in [0.25, 0.3) is 5.91 Å². The van der Waals surface area contributed by atoms with Crippen LogP contribution in [0.2, 0.25) is 0 Å². The quantitative estimate of drug-likeness (QED) is 0.918. The van der Waals surface area contributed by atoms with E-state index >= 15 is 0 Å². The Morgan fingerprint density at radius 1 is 1.25 bits per heavy atom. The molecule has 20 heavy (non-hydrogen) atoms. The summed E-state index contributed by atoms with van der Waals surface area (Å²) in [4.78, 5) is 12.2. The van der Waals surface area contributed by atoms with Crippen LogP contribution in [0.25, 0.3) is 0 Å². The Morgan fingerprint density at radius 2 is 1.95 bits per heavy atom. The van der Waals surface area contributed by atoms with Gasteiger partial charge in [-0.1, -0.05) is 12.1 Å². The van der Waals surface area contributed by atoms with Crippen molar-refractivity contribution in [3.63, 3.8) is 0 Å². The predicted molar refractivity (Wildman–Crippen MR) is 78.3 cm³/mol. The van der Waals surface area contributed by atoms with Gasteiger partial charge < -0.3 is 14.5 Å². The largest absolute Gasteiger partial charge is 0.489 e. The van der Waals surface area contributed by atoms with E-state index in [-0.39, 0.29) is 12.0 Å². The lowest BCUT2D eigenvalue weighted by Crippen LogP contribution is -2.13. The van der Waals surface area contributed by atoms with Gasteiger partial charge in [0.2, 0.25) is 0 Å². The van der Waals surface area contributed by atoms with E-state index in [2.05, 4.69) is 5.32 Å². The summed E-state index contributed by atoms with van der Waals surface area (Å²) in [5, 5.41) is 2.82. The lowest BCUT2D eigenvalue weighted by atomic mass is 10.2. The van der Waals surface area contributed by atoms with Crippen molar-refractivity contribution >= 4 is 11.6 Å². The molecule has 0 spiro atoms. The molecule has 1 amide bonds. The van der Waals surface area contributed by atoms with Crippen LogP contribution in [0, 0.1) is 13.8 Å². The monoisotopic (exact) mass is 273 g/mol. The van der Waals surface area contributed by atoms with Crippen LogP contribution in [0.15, 0.2) is 34.7 Å². The van der Waals surface area contributed by atoms with Crippen molar-refractivity contribution in [2.45, 2.75) is 33.8 Å². The third-order valence-electron chi connectivity index (χ3n) is 2.89. The van der Waals surface area contributed by atoms with Crippen LogP contribution in [0.3, 0.4) is 0 Å². The Labute approximate surface area is 118 Å². The minimum atomic E-state index is -0.277. The number of nitrogens with one attached hydrogen (secondary N) is 1. The number of ether oxygens (including phenoxy) is 1. The molecule has 0 aliphatic heterocycles. The molecule has 1 aromatic heterocycles. The first-order valence-corrected chi connectivity index (χ1v) is 6.61. The fourth-order valence-corrected chi connectivity index (χ4v) is 1.80. The number of carbonyl (C=O) groups is 1. The first kappa shape index (κ1) is 14.2. The summed E-state index contributed by atoms with van der Waals surface area (Å²) in [5.41, 5.74) is 1.60. The molecule has 1 heterocycles. The van der Waals surface area contributed by atoms with Crippen LogP contribution < -0.4 is 10.1 Å². The van der Waals surface area contributed by atoms with Gasteiger partial charge in [-0.05, 0) is 51.5 Å². The summed E-state index contributed by atoms with van der Waals surface area (Å²) >= 11 is 0. The molecule has 1 aromatic carbocycles. The second kappa shape index (κ2) is 5.82. The number of hydrogen-bond donors (Lipinski definition) is 1. The molecular formula is C16H19NO3. The molecule has 0 atom stereocenters. The van der Waals surface area contributed by atoms with Gasteiger partial charge in [0.05, 0.1) is 11.8 Å². The maximum atomic E-state index is 12.2. The minimum Gasteiger partial charge on any atom is -0.489 e. The van der Waals surface area contributed by atoms with Gasteiger partial charge in [0.1, 0.15) is 11.5 Å². The van der Waals surface area contributed by atoms with Crippen LogP contribution in [0.5, 0.6) is 5.75 Å². The topological polar surface area (TPSA) is 51.5 Å². The molecule has 0 saturated heterocycles. The summed E-state index contributed by atoms with van der Waals surface area (Å²) in [6, 6.07) is 9.08. The molecule has 0 unspecified atom stereocenters. The van der Waals surface area contributed by atoms with Gasteiger partial charge >= 0.3 is 0 Å². The number of aryl methyl sites for hydroxylation is 2. The molecule has 106 valence electrons. The first-order valence-electron chi connectivity index (χ1n) is 6.61. The van der Waals surface area contributed by atoms with Crippen LogP contribution in [0.1, 0.15) is 35.7 Å². The van der Waals surface area contributed by atoms with Crippen molar-refractivity contribution in [2.75, 3.05) is 5.32 Å². The summed E-state index contributed by atoms with van der Waals surface area (Å²) < 4.78 is 11.1. The van der Waals surface area contributed by atoms with E-state index in [1.807, 2.05) is 45.9 Å². The third kappa shape index (κ3) is 3.20. The second-order valence-electron chi connectivity index (χ2n) is 4.97. The second-order valence-corrected chi connectivity index (χ2v) is 4.97. The zero-order chi connectivity index (χ0) is 14.7. The average molecular weight is 273 g/mol. The highest BCUT2D eigenvalue weighted by atomic mass is 16.5. The minimum absolute atomic E-state index is 0.0427. The summed E-state index contributed by atoms with van der Waals surface area (Å²) in [5.74, 6) is 1.43. The molecule has 0 bridgehead atoms. The number of hydrogen-bond acceptors (Lipinski definition) is 3. The molecular weight excluding hydrogens is 254 g/mol. The summed E-state index contributed by atoms with van der Waals surface area (Å²) in [6.45, 7) is 7.63. The van der Waals surface area contributed by atoms with Gasteiger partial charge in [-0.25, -0.2) is 0 Å². The Hall–Kier alpha value is -2.23. The van der Waals surface area contributed by atoms with E-state index in [9.17, 15) is 4.79 Å². The van der Waals surface area contributed by atoms with E-state index in [0.29, 0.717) is 17.2 Å². The standard InChI is InChI=1S/C16H19NO3/c1-10(2)19-14-8-6-5-7-13(14)17-16(18)15-9-11(3)12(4)20-15/h5-10H,1-4H3,(H,17,18). The Bertz CT molecular complexity index is 594. The maximum Gasteiger partial charge on any atom is 0.291 e. The molecule has 0 radical (unpaired) electrons. The van der Waals surface area contributed by atoms with Gasteiger partial charge in [-0.2, -0.15) is 0 Å². The van der Waals surface area contributed by atoms with Crippen LogP contribution in [-0.4, -0.2) is 12.0 Å². The summed E-state index contributed by atoms with van der Waals surface area (Å²) in [6.07, 6.45) is 0.0427. The molecule has 1 N–H and O–H groups in total. The number of rotatable bonds is 4. The lowest BCUT2D eigenvalue weighted by Gasteiger charge is -2.14. The molecule has 0 saturated carbocycles. The molecule has 4 heteroatoms. The van der Waals surface area contributed by atoms with Gasteiger partial charge in [-0.15, -0.1) is 0 Å². The smallest absolute Gasteiger partial charge is 0.291 e. The van der Waals surface area contributed by atoms with Crippen molar-refractivity contribution in [1.29, 1.82) is 0 Å². The van der Waals surface area contributed by atoms with E-state index in [1.165, 1.54) is 0 Å². The van der Waals surface area contributed by atoms with E-state index in [4.69, 9.17) is 9.15 Å². The van der Waals surface area contributed by atoms with E-state index in [1.54, 1.807) is 12.1 Å².